The van der Waals surface area contributed by atoms with E-state index in [-0.39, 0.29) is 5.91 Å². The molecule has 2 aromatic rings. The molecule has 0 fully saturated rings. The van der Waals surface area contributed by atoms with Crippen molar-refractivity contribution in [1.82, 2.24) is 10.3 Å². The second-order valence-electron chi connectivity index (χ2n) is 4.63. The van der Waals surface area contributed by atoms with Gasteiger partial charge in [-0.1, -0.05) is 6.07 Å². The number of thiazole rings is 1. The summed E-state index contributed by atoms with van der Waals surface area (Å²) in [4.78, 5) is 18.0. The molecule has 1 N–H and O–H groups in total. The Balaban J connectivity index is 1.94. The minimum atomic E-state index is 0.154. The summed E-state index contributed by atoms with van der Waals surface area (Å²) < 4.78 is 0. The van der Waals surface area contributed by atoms with E-state index in [0.717, 1.165) is 34.1 Å². The molecule has 1 aromatic heterocycles. The predicted octanol–water partition coefficient (Wildman–Crippen LogP) is 2.05. The van der Waals surface area contributed by atoms with Gasteiger partial charge in [-0.25, -0.2) is 4.98 Å². The average molecular weight is 273 g/mol. The molecule has 3 rings (SSSR count). The number of anilines is 1. The van der Waals surface area contributed by atoms with Gasteiger partial charge in [0.25, 0.3) is 0 Å². The SMILES string of the molecule is CNCc1nc(-c2ccc3c(c2)CC(=O)N3C)cs1. The molecule has 98 valence electrons. The fourth-order valence-corrected chi connectivity index (χ4v) is 3.12. The van der Waals surface area contributed by atoms with Crippen molar-refractivity contribution >= 4 is 22.9 Å². The molecule has 0 radical (unpaired) electrons. The maximum absolute atomic E-state index is 11.7. The number of hydrogen-bond donors (Lipinski definition) is 1. The van der Waals surface area contributed by atoms with Crippen LogP contribution in [0.3, 0.4) is 0 Å². The predicted molar refractivity (Wildman–Crippen MR) is 77.4 cm³/mol. The molecule has 1 aliphatic rings. The van der Waals surface area contributed by atoms with Crippen LogP contribution in [0.4, 0.5) is 5.69 Å². The van der Waals surface area contributed by atoms with Crippen LogP contribution in [0.2, 0.25) is 0 Å². The van der Waals surface area contributed by atoms with Crippen molar-refractivity contribution in [2.75, 3.05) is 19.0 Å². The largest absolute Gasteiger partial charge is 0.315 e. The highest BCUT2D eigenvalue weighted by Crippen LogP contribution is 2.32. The Morgan fingerprint density at radius 3 is 3.11 bits per heavy atom. The van der Waals surface area contributed by atoms with Crippen molar-refractivity contribution in [2.45, 2.75) is 13.0 Å². The second-order valence-corrected chi connectivity index (χ2v) is 5.57. The lowest BCUT2D eigenvalue weighted by atomic mass is 10.1. The summed E-state index contributed by atoms with van der Waals surface area (Å²) in [5.74, 6) is 0.154. The highest BCUT2D eigenvalue weighted by Gasteiger charge is 2.24. The van der Waals surface area contributed by atoms with Gasteiger partial charge in [-0.15, -0.1) is 11.3 Å². The summed E-state index contributed by atoms with van der Waals surface area (Å²) in [6, 6.07) is 6.12. The average Bonchev–Trinajstić information content (AvgIpc) is 2.96. The second kappa shape index (κ2) is 4.75. The maximum Gasteiger partial charge on any atom is 0.231 e. The first-order chi connectivity index (χ1) is 9.19. The molecule has 0 unspecified atom stereocenters. The highest BCUT2D eigenvalue weighted by molar-refractivity contribution is 7.09. The maximum atomic E-state index is 11.7. The standard InChI is InChI=1S/C14H15N3OS/c1-15-7-13-16-11(8-19-13)9-3-4-12-10(5-9)6-14(18)17(12)2/h3-5,8,15H,6-7H2,1-2H3. The number of rotatable bonds is 3. The van der Waals surface area contributed by atoms with Gasteiger partial charge < -0.3 is 10.2 Å². The number of amides is 1. The summed E-state index contributed by atoms with van der Waals surface area (Å²) in [7, 11) is 3.74. The van der Waals surface area contributed by atoms with E-state index in [0.29, 0.717) is 6.42 Å². The number of nitrogens with one attached hydrogen (secondary N) is 1. The summed E-state index contributed by atoms with van der Waals surface area (Å²) in [5, 5.41) is 6.24. The lowest BCUT2D eigenvalue weighted by molar-refractivity contribution is -0.117. The zero-order valence-corrected chi connectivity index (χ0v) is 11.8. The smallest absolute Gasteiger partial charge is 0.231 e. The Bertz CT molecular complexity index is 635. The van der Waals surface area contributed by atoms with Crippen molar-refractivity contribution in [3.8, 4) is 11.3 Å². The normalized spacial score (nSPS) is 14.0. The number of carbonyl (C=O) groups is 1. The Kier molecular flexibility index (Phi) is 3.08. The van der Waals surface area contributed by atoms with Gasteiger partial charge in [0.05, 0.1) is 12.1 Å². The number of benzene rings is 1. The van der Waals surface area contributed by atoms with Crippen LogP contribution >= 0.6 is 11.3 Å². The van der Waals surface area contributed by atoms with Crippen molar-refractivity contribution in [2.24, 2.45) is 0 Å². The third-order valence-electron chi connectivity index (χ3n) is 3.33. The summed E-state index contributed by atoms with van der Waals surface area (Å²) >= 11 is 1.65. The zero-order valence-electron chi connectivity index (χ0n) is 10.9. The van der Waals surface area contributed by atoms with Crippen molar-refractivity contribution in [3.63, 3.8) is 0 Å². The molecule has 0 saturated carbocycles. The van der Waals surface area contributed by atoms with Gasteiger partial charge >= 0.3 is 0 Å². The zero-order chi connectivity index (χ0) is 13.4. The van der Waals surface area contributed by atoms with Gasteiger partial charge in [0.1, 0.15) is 5.01 Å². The van der Waals surface area contributed by atoms with E-state index in [9.17, 15) is 4.79 Å². The number of aromatic nitrogens is 1. The van der Waals surface area contributed by atoms with E-state index >= 15 is 0 Å². The number of fused-ring (bicyclic) bond motifs is 1. The number of nitrogens with zero attached hydrogens (tertiary/aromatic N) is 2. The molecular formula is C14H15N3OS. The first-order valence-corrected chi connectivity index (χ1v) is 7.06. The van der Waals surface area contributed by atoms with Gasteiger partial charge in [-0.05, 0) is 24.7 Å². The molecule has 0 saturated heterocycles. The third kappa shape index (κ3) is 2.15. The van der Waals surface area contributed by atoms with Gasteiger partial charge in [-0.3, -0.25) is 4.79 Å². The number of carbonyl (C=O) groups excluding carboxylic acids is 1. The fraction of sp³-hybridized carbons (Fsp3) is 0.286. The van der Waals surface area contributed by atoms with Crippen LogP contribution < -0.4 is 10.2 Å². The minimum absolute atomic E-state index is 0.154. The molecule has 0 spiro atoms. The van der Waals surface area contributed by atoms with E-state index in [1.165, 1.54) is 0 Å². The molecule has 5 heteroatoms. The first kappa shape index (κ1) is 12.3. The third-order valence-corrected chi connectivity index (χ3v) is 4.18. The van der Waals surface area contributed by atoms with Gasteiger partial charge in [0, 0.05) is 30.2 Å². The molecule has 0 bridgehead atoms. The van der Waals surface area contributed by atoms with Crippen molar-refractivity contribution < 1.29 is 4.79 Å². The summed E-state index contributed by atoms with van der Waals surface area (Å²) in [6.07, 6.45) is 0.493. The van der Waals surface area contributed by atoms with Crippen molar-refractivity contribution in [3.05, 3.63) is 34.2 Å². The number of hydrogen-bond acceptors (Lipinski definition) is 4. The van der Waals surface area contributed by atoms with E-state index < -0.39 is 0 Å². The topological polar surface area (TPSA) is 45.2 Å². The molecule has 4 nitrogen and oxygen atoms in total. The van der Waals surface area contributed by atoms with E-state index in [1.54, 1.807) is 16.2 Å². The quantitative estimate of drug-likeness (QED) is 0.931. The molecule has 19 heavy (non-hydrogen) atoms. The van der Waals surface area contributed by atoms with E-state index in [2.05, 4.69) is 21.7 Å². The molecule has 1 aliphatic heterocycles. The van der Waals surface area contributed by atoms with Crippen LogP contribution in [-0.4, -0.2) is 25.0 Å². The Labute approximate surface area is 116 Å². The Hall–Kier alpha value is -1.72. The first-order valence-electron chi connectivity index (χ1n) is 6.18. The van der Waals surface area contributed by atoms with Gasteiger partial charge in [-0.2, -0.15) is 0 Å². The minimum Gasteiger partial charge on any atom is -0.315 e. The molecule has 1 aromatic carbocycles. The van der Waals surface area contributed by atoms with Crippen molar-refractivity contribution in [1.29, 1.82) is 0 Å². The van der Waals surface area contributed by atoms with Crippen LogP contribution in [0.1, 0.15) is 10.6 Å². The molecule has 2 heterocycles. The molecule has 1 amide bonds. The Morgan fingerprint density at radius 2 is 2.32 bits per heavy atom. The monoisotopic (exact) mass is 273 g/mol. The molecule has 0 aliphatic carbocycles. The molecule has 0 atom stereocenters. The summed E-state index contributed by atoms with van der Waals surface area (Å²) in [6.45, 7) is 0.789. The molecular weight excluding hydrogens is 258 g/mol. The lowest BCUT2D eigenvalue weighted by Gasteiger charge is -2.09. The van der Waals surface area contributed by atoms with Crippen LogP contribution in [0.15, 0.2) is 23.6 Å². The fourth-order valence-electron chi connectivity index (χ4n) is 2.31. The highest BCUT2D eigenvalue weighted by atomic mass is 32.1. The van der Waals surface area contributed by atoms with Crippen LogP contribution in [0.25, 0.3) is 11.3 Å². The van der Waals surface area contributed by atoms with E-state index in [1.807, 2.05) is 26.2 Å². The van der Waals surface area contributed by atoms with Crippen LogP contribution in [0, 0.1) is 0 Å². The lowest BCUT2D eigenvalue weighted by Crippen LogP contribution is -2.20. The Morgan fingerprint density at radius 1 is 1.47 bits per heavy atom. The van der Waals surface area contributed by atoms with E-state index in [4.69, 9.17) is 0 Å². The van der Waals surface area contributed by atoms with Gasteiger partial charge in [0.15, 0.2) is 0 Å². The van der Waals surface area contributed by atoms with Crippen LogP contribution in [-0.2, 0) is 17.8 Å². The van der Waals surface area contributed by atoms with Crippen LogP contribution in [0.5, 0.6) is 0 Å². The number of likely N-dealkylation sites (N-methyl/N-ethyl adjacent to an activating group) is 1. The van der Waals surface area contributed by atoms with Gasteiger partial charge in [0.2, 0.25) is 5.91 Å². The summed E-state index contributed by atoms with van der Waals surface area (Å²) in [5.41, 5.74) is 4.17.